The fourth-order valence-electron chi connectivity index (χ4n) is 1.66. The first-order valence-electron chi connectivity index (χ1n) is 5.29. The maximum absolute atomic E-state index is 13.1. The standard InChI is InChI=1S/C12H19FN2/c1-4-15(3)12(9-14-2)10-6-5-7-11(13)8-10/h5-8,12,14H,4,9H2,1-3H3. The first-order chi connectivity index (χ1) is 7.19. The van der Waals surface area contributed by atoms with Crippen molar-refractivity contribution in [1.82, 2.24) is 10.2 Å². The topological polar surface area (TPSA) is 15.3 Å². The van der Waals surface area contributed by atoms with Crippen LogP contribution in [-0.2, 0) is 0 Å². The second kappa shape index (κ2) is 5.83. The zero-order valence-electron chi connectivity index (χ0n) is 9.63. The molecule has 1 rings (SSSR count). The van der Waals surface area contributed by atoms with E-state index in [1.165, 1.54) is 6.07 Å². The Balaban J connectivity index is 2.88. The summed E-state index contributed by atoms with van der Waals surface area (Å²) in [5.74, 6) is -0.168. The molecule has 15 heavy (non-hydrogen) atoms. The maximum atomic E-state index is 13.1. The molecular formula is C12H19FN2. The summed E-state index contributed by atoms with van der Waals surface area (Å²) in [7, 11) is 3.96. The molecule has 0 bridgehead atoms. The third kappa shape index (κ3) is 3.29. The normalized spacial score (nSPS) is 13.1. The molecule has 0 radical (unpaired) electrons. The van der Waals surface area contributed by atoms with E-state index in [4.69, 9.17) is 0 Å². The first kappa shape index (κ1) is 12.1. The van der Waals surface area contributed by atoms with Crippen molar-refractivity contribution in [3.05, 3.63) is 35.6 Å². The Kier molecular flexibility index (Phi) is 4.72. The SMILES string of the molecule is CCN(C)C(CNC)c1cccc(F)c1. The first-order valence-corrected chi connectivity index (χ1v) is 5.29. The van der Waals surface area contributed by atoms with Crippen LogP contribution in [0.5, 0.6) is 0 Å². The highest BCUT2D eigenvalue weighted by Gasteiger charge is 2.14. The van der Waals surface area contributed by atoms with E-state index in [0.717, 1.165) is 18.7 Å². The van der Waals surface area contributed by atoms with Gasteiger partial charge >= 0.3 is 0 Å². The molecular weight excluding hydrogens is 191 g/mol. The third-order valence-corrected chi connectivity index (χ3v) is 2.66. The molecule has 1 N–H and O–H groups in total. The molecule has 0 aliphatic heterocycles. The molecule has 0 saturated carbocycles. The van der Waals surface area contributed by atoms with Crippen LogP contribution in [0.4, 0.5) is 4.39 Å². The van der Waals surface area contributed by atoms with Crippen LogP contribution in [-0.4, -0.2) is 32.1 Å². The Labute approximate surface area is 91.1 Å². The fraction of sp³-hybridized carbons (Fsp3) is 0.500. The number of likely N-dealkylation sites (N-methyl/N-ethyl adjacent to an activating group) is 2. The van der Waals surface area contributed by atoms with E-state index in [1.807, 2.05) is 20.2 Å². The lowest BCUT2D eigenvalue weighted by Gasteiger charge is -2.27. The van der Waals surface area contributed by atoms with Crippen molar-refractivity contribution in [1.29, 1.82) is 0 Å². The van der Waals surface area contributed by atoms with E-state index in [1.54, 1.807) is 12.1 Å². The molecule has 0 saturated heterocycles. The van der Waals surface area contributed by atoms with Gasteiger partial charge in [0.1, 0.15) is 5.82 Å². The number of hydrogen-bond donors (Lipinski definition) is 1. The third-order valence-electron chi connectivity index (χ3n) is 2.66. The lowest BCUT2D eigenvalue weighted by atomic mass is 10.1. The monoisotopic (exact) mass is 210 g/mol. The smallest absolute Gasteiger partial charge is 0.123 e. The molecule has 1 atom stereocenters. The van der Waals surface area contributed by atoms with Crippen LogP contribution in [0.3, 0.4) is 0 Å². The highest BCUT2D eigenvalue weighted by Crippen LogP contribution is 2.18. The molecule has 0 aromatic heterocycles. The van der Waals surface area contributed by atoms with Crippen LogP contribution in [0.25, 0.3) is 0 Å². The Bertz CT molecular complexity index is 301. The van der Waals surface area contributed by atoms with Crippen molar-refractivity contribution in [3.63, 3.8) is 0 Å². The van der Waals surface area contributed by atoms with Crippen LogP contribution in [0.1, 0.15) is 18.5 Å². The number of rotatable bonds is 5. The summed E-state index contributed by atoms with van der Waals surface area (Å²) < 4.78 is 13.1. The van der Waals surface area contributed by atoms with Crippen molar-refractivity contribution in [2.75, 3.05) is 27.2 Å². The molecule has 0 aliphatic carbocycles. The number of hydrogen-bond acceptors (Lipinski definition) is 2. The summed E-state index contributed by atoms with van der Waals surface area (Å²) in [6.45, 7) is 3.87. The highest BCUT2D eigenvalue weighted by atomic mass is 19.1. The average Bonchev–Trinajstić information content (AvgIpc) is 2.25. The highest BCUT2D eigenvalue weighted by molar-refractivity contribution is 5.20. The maximum Gasteiger partial charge on any atom is 0.123 e. The minimum absolute atomic E-state index is 0.168. The lowest BCUT2D eigenvalue weighted by Crippen LogP contribution is -2.31. The summed E-state index contributed by atoms with van der Waals surface area (Å²) in [4.78, 5) is 2.20. The van der Waals surface area contributed by atoms with Gasteiger partial charge in [0, 0.05) is 12.6 Å². The van der Waals surface area contributed by atoms with Crippen molar-refractivity contribution < 1.29 is 4.39 Å². The van der Waals surface area contributed by atoms with Crippen molar-refractivity contribution in [2.45, 2.75) is 13.0 Å². The zero-order chi connectivity index (χ0) is 11.3. The Hall–Kier alpha value is -0.930. The van der Waals surface area contributed by atoms with E-state index < -0.39 is 0 Å². The number of nitrogens with zero attached hydrogens (tertiary/aromatic N) is 1. The van der Waals surface area contributed by atoms with E-state index in [-0.39, 0.29) is 11.9 Å². The van der Waals surface area contributed by atoms with E-state index in [0.29, 0.717) is 0 Å². The predicted octanol–water partition coefficient (Wildman–Crippen LogP) is 2.04. The Morgan fingerprint density at radius 3 is 2.73 bits per heavy atom. The Morgan fingerprint density at radius 2 is 2.20 bits per heavy atom. The van der Waals surface area contributed by atoms with Crippen molar-refractivity contribution in [3.8, 4) is 0 Å². The van der Waals surface area contributed by atoms with Gasteiger partial charge in [-0.1, -0.05) is 19.1 Å². The van der Waals surface area contributed by atoms with Crippen LogP contribution in [0.2, 0.25) is 0 Å². The average molecular weight is 210 g/mol. The molecule has 3 heteroatoms. The lowest BCUT2D eigenvalue weighted by molar-refractivity contribution is 0.253. The summed E-state index contributed by atoms with van der Waals surface area (Å²) >= 11 is 0. The van der Waals surface area contributed by atoms with Gasteiger partial charge in [-0.3, -0.25) is 4.90 Å². The van der Waals surface area contributed by atoms with Crippen molar-refractivity contribution >= 4 is 0 Å². The summed E-state index contributed by atoms with van der Waals surface area (Å²) in [6, 6.07) is 7.05. The van der Waals surface area contributed by atoms with Gasteiger partial charge in [0.25, 0.3) is 0 Å². The van der Waals surface area contributed by atoms with Crippen LogP contribution < -0.4 is 5.32 Å². The molecule has 1 aromatic carbocycles. The molecule has 1 aromatic rings. The summed E-state index contributed by atoms with van der Waals surface area (Å²) in [5, 5.41) is 3.14. The molecule has 0 fully saturated rings. The molecule has 84 valence electrons. The van der Waals surface area contributed by atoms with Gasteiger partial charge in [-0.15, -0.1) is 0 Å². The minimum atomic E-state index is -0.168. The van der Waals surface area contributed by atoms with Gasteiger partial charge in [0.15, 0.2) is 0 Å². The minimum Gasteiger partial charge on any atom is -0.318 e. The van der Waals surface area contributed by atoms with Gasteiger partial charge in [0.2, 0.25) is 0 Å². The van der Waals surface area contributed by atoms with Gasteiger partial charge in [-0.2, -0.15) is 0 Å². The number of halogens is 1. The molecule has 0 amide bonds. The summed E-state index contributed by atoms with van der Waals surface area (Å²) in [5.41, 5.74) is 1.02. The van der Waals surface area contributed by atoms with Gasteiger partial charge in [-0.25, -0.2) is 4.39 Å². The second-order valence-electron chi connectivity index (χ2n) is 3.70. The molecule has 0 spiro atoms. The second-order valence-corrected chi connectivity index (χ2v) is 3.70. The zero-order valence-corrected chi connectivity index (χ0v) is 9.63. The van der Waals surface area contributed by atoms with Crippen molar-refractivity contribution in [2.24, 2.45) is 0 Å². The molecule has 1 unspecified atom stereocenters. The molecule has 0 heterocycles. The van der Waals surface area contributed by atoms with Gasteiger partial charge in [-0.05, 0) is 38.3 Å². The van der Waals surface area contributed by atoms with Gasteiger partial charge in [0.05, 0.1) is 0 Å². The Morgan fingerprint density at radius 1 is 1.47 bits per heavy atom. The van der Waals surface area contributed by atoms with E-state index in [9.17, 15) is 4.39 Å². The van der Waals surface area contributed by atoms with E-state index in [2.05, 4.69) is 17.1 Å². The van der Waals surface area contributed by atoms with E-state index >= 15 is 0 Å². The summed E-state index contributed by atoms with van der Waals surface area (Å²) in [6.07, 6.45) is 0. The fourth-order valence-corrected chi connectivity index (χ4v) is 1.66. The molecule has 2 nitrogen and oxygen atoms in total. The quantitative estimate of drug-likeness (QED) is 0.800. The van der Waals surface area contributed by atoms with Crippen LogP contribution >= 0.6 is 0 Å². The number of benzene rings is 1. The van der Waals surface area contributed by atoms with Gasteiger partial charge < -0.3 is 5.32 Å². The number of nitrogens with one attached hydrogen (secondary N) is 1. The van der Waals surface area contributed by atoms with Crippen LogP contribution in [0.15, 0.2) is 24.3 Å². The van der Waals surface area contributed by atoms with Crippen LogP contribution in [0, 0.1) is 5.82 Å². The predicted molar refractivity (Wildman–Crippen MR) is 61.4 cm³/mol. The largest absolute Gasteiger partial charge is 0.318 e. The molecule has 0 aliphatic rings.